The van der Waals surface area contributed by atoms with Gasteiger partial charge in [0.1, 0.15) is 23.0 Å². The van der Waals surface area contributed by atoms with Crippen molar-refractivity contribution in [1.82, 2.24) is 14.8 Å². The Morgan fingerprint density at radius 2 is 1.90 bits per heavy atom. The van der Waals surface area contributed by atoms with E-state index in [4.69, 9.17) is 4.74 Å². The lowest BCUT2D eigenvalue weighted by Gasteiger charge is -2.36. The maximum atomic E-state index is 13.8. The Bertz CT molecular complexity index is 1110. The third-order valence-corrected chi connectivity index (χ3v) is 5.30. The molecule has 0 bridgehead atoms. The van der Waals surface area contributed by atoms with Crippen molar-refractivity contribution in [3.63, 3.8) is 0 Å². The zero-order valence-electron chi connectivity index (χ0n) is 16.2. The van der Waals surface area contributed by atoms with Crippen LogP contribution in [0, 0.1) is 17.5 Å². The van der Waals surface area contributed by atoms with Crippen molar-refractivity contribution in [3.05, 3.63) is 62.8 Å². The fourth-order valence-corrected chi connectivity index (χ4v) is 3.71. The number of hydrogen-bond acceptors (Lipinski definition) is 5. The molecule has 1 aromatic carbocycles. The Labute approximate surface area is 173 Å². The van der Waals surface area contributed by atoms with E-state index in [0.29, 0.717) is 31.7 Å². The Morgan fingerprint density at radius 1 is 1.19 bits per heavy atom. The number of nitrogens with one attached hydrogen (secondary N) is 1. The van der Waals surface area contributed by atoms with Crippen LogP contribution in [0.25, 0.3) is 0 Å². The van der Waals surface area contributed by atoms with Crippen molar-refractivity contribution in [1.29, 1.82) is 0 Å². The SMILES string of the molecule is O=C(NCc1c(F)cc(F)cc1F)c1cn2c(c(O)c1=O)C(=O)N1CCCCOC1C2. The zero-order valence-corrected chi connectivity index (χ0v) is 16.2. The Morgan fingerprint density at radius 3 is 2.61 bits per heavy atom. The Kier molecular flexibility index (Phi) is 5.44. The third-order valence-electron chi connectivity index (χ3n) is 5.30. The van der Waals surface area contributed by atoms with Gasteiger partial charge < -0.3 is 24.6 Å². The quantitative estimate of drug-likeness (QED) is 0.758. The van der Waals surface area contributed by atoms with E-state index < -0.39 is 64.3 Å². The normalized spacial score (nSPS) is 18.2. The second-order valence-electron chi connectivity index (χ2n) is 7.28. The van der Waals surface area contributed by atoms with Crippen molar-refractivity contribution in [2.75, 3.05) is 13.2 Å². The third kappa shape index (κ3) is 3.76. The average Bonchev–Trinajstić information content (AvgIpc) is 2.95. The fourth-order valence-electron chi connectivity index (χ4n) is 3.71. The maximum absolute atomic E-state index is 13.8. The van der Waals surface area contributed by atoms with Crippen LogP contribution in [0.4, 0.5) is 13.2 Å². The first kappa shape index (κ1) is 20.9. The van der Waals surface area contributed by atoms with Gasteiger partial charge in [-0.05, 0) is 12.8 Å². The van der Waals surface area contributed by atoms with E-state index in [1.165, 1.54) is 9.47 Å². The first-order valence-electron chi connectivity index (χ1n) is 9.58. The average molecular weight is 437 g/mol. The molecule has 11 heteroatoms. The molecule has 2 aliphatic rings. The van der Waals surface area contributed by atoms with Crippen LogP contribution in [0.2, 0.25) is 0 Å². The van der Waals surface area contributed by atoms with Gasteiger partial charge in [0.25, 0.3) is 11.8 Å². The standard InChI is InChI=1S/C20H18F3N3O5/c21-10-5-13(22)11(14(23)6-10)7-24-19(29)12-8-25-9-15-26(3-1-2-4-31-15)20(30)16(25)18(28)17(12)27/h5-6,8,15,28H,1-4,7,9H2,(H,24,29). The number of rotatable bonds is 3. The predicted octanol–water partition coefficient (Wildman–Crippen LogP) is 1.49. The molecule has 2 aliphatic heterocycles. The molecule has 0 radical (unpaired) electrons. The molecule has 164 valence electrons. The van der Waals surface area contributed by atoms with Gasteiger partial charge in [-0.15, -0.1) is 0 Å². The first-order valence-corrected chi connectivity index (χ1v) is 9.58. The van der Waals surface area contributed by atoms with Crippen LogP contribution in [0.15, 0.2) is 23.1 Å². The summed E-state index contributed by atoms with van der Waals surface area (Å²) in [7, 11) is 0. The summed E-state index contributed by atoms with van der Waals surface area (Å²) in [6.07, 6.45) is 1.96. The van der Waals surface area contributed by atoms with E-state index in [0.717, 1.165) is 12.6 Å². The minimum atomic E-state index is -1.20. The molecule has 1 saturated heterocycles. The monoisotopic (exact) mass is 437 g/mol. The molecule has 0 aliphatic carbocycles. The van der Waals surface area contributed by atoms with Crippen LogP contribution in [-0.4, -0.2) is 45.8 Å². The minimum Gasteiger partial charge on any atom is -0.503 e. The highest BCUT2D eigenvalue weighted by Gasteiger charge is 2.37. The second-order valence-corrected chi connectivity index (χ2v) is 7.28. The topological polar surface area (TPSA) is 101 Å². The summed E-state index contributed by atoms with van der Waals surface area (Å²) < 4.78 is 47.5. The molecule has 31 heavy (non-hydrogen) atoms. The van der Waals surface area contributed by atoms with E-state index in [1.807, 2.05) is 0 Å². The molecule has 1 aromatic heterocycles. The second kappa shape index (κ2) is 8.06. The lowest BCUT2D eigenvalue weighted by Crippen LogP contribution is -2.50. The molecule has 3 heterocycles. The molecule has 2 aromatic rings. The molecule has 2 N–H and O–H groups in total. The number of benzene rings is 1. The van der Waals surface area contributed by atoms with E-state index in [1.54, 1.807) is 0 Å². The van der Waals surface area contributed by atoms with Crippen LogP contribution in [0.1, 0.15) is 39.3 Å². The van der Waals surface area contributed by atoms with E-state index in [9.17, 15) is 32.7 Å². The number of fused-ring (bicyclic) bond motifs is 2. The predicted molar refractivity (Wildman–Crippen MR) is 99.9 cm³/mol. The smallest absolute Gasteiger partial charge is 0.276 e. The van der Waals surface area contributed by atoms with Crippen molar-refractivity contribution in [2.45, 2.75) is 32.2 Å². The fraction of sp³-hybridized carbons (Fsp3) is 0.350. The van der Waals surface area contributed by atoms with Crippen molar-refractivity contribution < 1.29 is 32.6 Å². The number of aromatic nitrogens is 1. The van der Waals surface area contributed by atoms with E-state index in [-0.39, 0.29) is 12.2 Å². The summed E-state index contributed by atoms with van der Waals surface area (Å²) in [5.41, 5.74) is -2.45. The number of amides is 2. The maximum Gasteiger partial charge on any atom is 0.276 e. The van der Waals surface area contributed by atoms with Gasteiger partial charge in [-0.2, -0.15) is 0 Å². The molecule has 1 fully saturated rings. The summed E-state index contributed by atoms with van der Waals surface area (Å²) in [6.45, 7) is 0.292. The molecule has 8 nitrogen and oxygen atoms in total. The van der Waals surface area contributed by atoms with E-state index in [2.05, 4.69) is 5.32 Å². The number of halogens is 3. The van der Waals surface area contributed by atoms with Crippen LogP contribution < -0.4 is 10.7 Å². The summed E-state index contributed by atoms with van der Waals surface area (Å²) in [5, 5.41) is 12.5. The molecule has 0 saturated carbocycles. The lowest BCUT2D eigenvalue weighted by molar-refractivity contribution is -0.0488. The van der Waals surface area contributed by atoms with Gasteiger partial charge in [-0.3, -0.25) is 14.4 Å². The number of ether oxygens (including phenoxy) is 1. The largest absolute Gasteiger partial charge is 0.503 e. The number of hydrogen-bond donors (Lipinski definition) is 2. The van der Waals surface area contributed by atoms with Gasteiger partial charge in [-0.1, -0.05) is 0 Å². The zero-order chi connectivity index (χ0) is 22.3. The number of nitrogens with zero attached hydrogens (tertiary/aromatic N) is 2. The van der Waals surface area contributed by atoms with Crippen LogP contribution >= 0.6 is 0 Å². The molecular weight excluding hydrogens is 419 g/mol. The first-order chi connectivity index (χ1) is 14.8. The molecule has 1 atom stereocenters. The van der Waals surface area contributed by atoms with Crippen LogP contribution in [0.3, 0.4) is 0 Å². The van der Waals surface area contributed by atoms with Gasteiger partial charge in [0.2, 0.25) is 5.43 Å². The highest BCUT2D eigenvalue weighted by atomic mass is 19.1. The molecule has 1 unspecified atom stereocenters. The summed E-state index contributed by atoms with van der Waals surface area (Å²) in [4.78, 5) is 39.2. The number of pyridine rings is 1. The summed E-state index contributed by atoms with van der Waals surface area (Å²) >= 11 is 0. The number of carbonyl (C=O) groups excluding carboxylic acids is 2. The van der Waals surface area contributed by atoms with Crippen molar-refractivity contribution in [3.8, 4) is 5.75 Å². The highest BCUT2D eigenvalue weighted by molar-refractivity contribution is 5.99. The molecule has 0 spiro atoms. The number of carbonyl (C=O) groups is 2. The molecular formula is C20H18F3N3O5. The lowest BCUT2D eigenvalue weighted by atomic mass is 10.1. The van der Waals surface area contributed by atoms with Gasteiger partial charge in [0, 0.05) is 43.6 Å². The van der Waals surface area contributed by atoms with E-state index >= 15 is 0 Å². The van der Waals surface area contributed by atoms with Crippen LogP contribution in [0.5, 0.6) is 5.75 Å². The van der Waals surface area contributed by atoms with Crippen LogP contribution in [-0.2, 0) is 17.8 Å². The van der Waals surface area contributed by atoms with Gasteiger partial charge in [0.15, 0.2) is 17.7 Å². The molecule has 2 amide bonds. The van der Waals surface area contributed by atoms with Gasteiger partial charge in [-0.25, -0.2) is 13.2 Å². The van der Waals surface area contributed by atoms with Crippen molar-refractivity contribution in [2.24, 2.45) is 0 Å². The highest BCUT2D eigenvalue weighted by Crippen LogP contribution is 2.26. The Hall–Kier alpha value is -3.34. The van der Waals surface area contributed by atoms with Gasteiger partial charge in [0.05, 0.1) is 6.54 Å². The van der Waals surface area contributed by atoms with Gasteiger partial charge >= 0.3 is 0 Å². The summed E-state index contributed by atoms with van der Waals surface area (Å²) in [6, 6.07) is 0.933. The minimum absolute atomic E-state index is 0.0937. The Balaban J connectivity index is 1.63. The van der Waals surface area contributed by atoms with Crippen molar-refractivity contribution >= 4 is 11.8 Å². The number of aromatic hydroxyl groups is 1. The molecule has 4 rings (SSSR count). The summed E-state index contributed by atoms with van der Waals surface area (Å²) in [5.74, 6) is -5.99.